The van der Waals surface area contributed by atoms with E-state index in [1.54, 1.807) is 0 Å². The van der Waals surface area contributed by atoms with Crippen LogP contribution in [0.5, 0.6) is 0 Å². The SMILES string of the molecule is CC(C)(CN)Cc1ccccc1Br.Cl. The standard InChI is InChI=1S/C11H16BrN.ClH/c1-11(2,8-13)7-9-5-3-4-6-10(9)12;/h3-6H,7-8,13H2,1-2H3;1H. The molecule has 80 valence electrons. The van der Waals surface area contributed by atoms with Crippen molar-refractivity contribution < 1.29 is 0 Å². The quantitative estimate of drug-likeness (QED) is 0.901. The van der Waals surface area contributed by atoms with Crippen LogP contribution in [-0.2, 0) is 6.42 Å². The van der Waals surface area contributed by atoms with Gasteiger partial charge in [0, 0.05) is 4.47 Å². The van der Waals surface area contributed by atoms with Crippen LogP contribution in [-0.4, -0.2) is 6.54 Å². The monoisotopic (exact) mass is 277 g/mol. The summed E-state index contributed by atoms with van der Waals surface area (Å²) < 4.78 is 1.18. The Morgan fingerprint density at radius 1 is 1.29 bits per heavy atom. The van der Waals surface area contributed by atoms with Crippen LogP contribution in [0.4, 0.5) is 0 Å². The van der Waals surface area contributed by atoms with Gasteiger partial charge in [0.1, 0.15) is 0 Å². The second-order valence-electron chi connectivity index (χ2n) is 4.14. The van der Waals surface area contributed by atoms with E-state index in [0.717, 1.165) is 6.42 Å². The number of nitrogens with two attached hydrogens (primary N) is 1. The Balaban J connectivity index is 0.00000169. The minimum Gasteiger partial charge on any atom is -0.330 e. The summed E-state index contributed by atoms with van der Waals surface area (Å²) in [5.74, 6) is 0. The molecule has 2 N–H and O–H groups in total. The predicted octanol–water partition coefficient (Wildman–Crippen LogP) is 3.40. The Labute approximate surface area is 101 Å². The molecule has 1 nitrogen and oxygen atoms in total. The van der Waals surface area contributed by atoms with Crippen LogP contribution in [0.2, 0.25) is 0 Å². The lowest BCUT2D eigenvalue weighted by Crippen LogP contribution is -2.26. The van der Waals surface area contributed by atoms with Crippen LogP contribution in [0.25, 0.3) is 0 Å². The maximum atomic E-state index is 5.69. The zero-order valence-corrected chi connectivity index (χ0v) is 11.0. The topological polar surface area (TPSA) is 26.0 Å². The molecule has 0 spiro atoms. The fourth-order valence-electron chi connectivity index (χ4n) is 1.23. The molecule has 0 aliphatic rings. The minimum absolute atomic E-state index is 0. The smallest absolute Gasteiger partial charge is 0.0207 e. The summed E-state index contributed by atoms with van der Waals surface area (Å²) in [6.07, 6.45) is 1.02. The van der Waals surface area contributed by atoms with Crippen molar-refractivity contribution in [3.8, 4) is 0 Å². The summed E-state index contributed by atoms with van der Waals surface area (Å²) >= 11 is 3.54. The van der Waals surface area contributed by atoms with E-state index in [2.05, 4.69) is 48.0 Å². The van der Waals surface area contributed by atoms with Crippen molar-refractivity contribution in [1.29, 1.82) is 0 Å². The van der Waals surface area contributed by atoms with Crippen LogP contribution in [0.15, 0.2) is 28.7 Å². The zero-order chi connectivity index (χ0) is 9.90. The first-order chi connectivity index (χ1) is 6.05. The lowest BCUT2D eigenvalue weighted by atomic mass is 9.86. The number of rotatable bonds is 3. The van der Waals surface area contributed by atoms with Crippen LogP contribution < -0.4 is 5.73 Å². The second kappa shape index (κ2) is 5.74. The van der Waals surface area contributed by atoms with Gasteiger partial charge in [-0.15, -0.1) is 12.4 Å². The molecule has 0 saturated heterocycles. The molecule has 0 aliphatic carbocycles. The summed E-state index contributed by atoms with van der Waals surface area (Å²) in [5, 5.41) is 0. The highest BCUT2D eigenvalue weighted by Crippen LogP contribution is 2.25. The van der Waals surface area contributed by atoms with E-state index in [1.165, 1.54) is 10.0 Å². The normalized spacial score (nSPS) is 10.9. The molecule has 0 radical (unpaired) electrons. The third-order valence-corrected chi connectivity index (χ3v) is 2.95. The number of hydrogen-bond acceptors (Lipinski definition) is 1. The summed E-state index contributed by atoms with van der Waals surface area (Å²) in [6, 6.07) is 8.30. The number of halogens is 2. The van der Waals surface area contributed by atoms with E-state index in [1.807, 2.05) is 6.07 Å². The van der Waals surface area contributed by atoms with Gasteiger partial charge in [0.05, 0.1) is 0 Å². The molecule has 0 atom stereocenters. The van der Waals surface area contributed by atoms with Gasteiger partial charge in [-0.3, -0.25) is 0 Å². The second-order valence-corrected chi connectivity index (χ2v) is 4.99. The molecule has 0 aliphatic heterocycles. The lowest BCUT2D eigenvalue weighted by Gasteiger charge is -2.22. The van der Waals surface area contributed by atoms with Crippen molar-refractivity contribution in [3.05, 3.63) is 34.3 Å². The molecule has 0 unspecified atom stereocenters. The van der Waals surface area contributed by atoms with Gasteiger partial charge in [-0.2, -0.15) is 0 Å². The Morgan fingerprint density at radius 2 is 1.86 bits per heavy atom. The maximum Gasteiger partial charge on any atom is 0.0207 e. The molecule has 0 saturated carbocycles. The van der Waals surface area contributed by atoms with Gasteiger partial charge < -0.3 is 5.73 Å². The Hall–Kier alpha value is -0.0500. The van der Waals surface area contributed by atoms with Crippen molar-refractivity contribution in [2.24, 2.45) is 11.1 Å². The van der Waals surface area contributed by atoms with E-state index in [0.29, 0.717) is 6.54 Å². The molecule has 0 fully saturated rings. The predicted molar refractivity (Wildman–Crippen MR) is 67.9 cm³/mol. The van der Waals surface area contributed by atoms with Gasteiger partial charge in [-0.25, -0.2) is 0 Å². The minimum atomic E-state index is 0. The number of hydrogen-bond donors (Lipinski definition) is 1. The van der Waals surface area contributed by atoms with E-state index >= 15 is 0 Å². The molecule has 0 amide bonds. The molecule has 1 aromatic rings. The first kappa shape index (κ1) is 13.9. The molecule has 0 bridgehead atoms. The van der Waals surface area contributed by atoms with E-state index in [4.69, 9.17) is 5.73 Å². The summed E-state index contributed by atoms with van der Waals surface area (Å²) in [7, 11) is 0. The fourth-order valence-corrected chi connectivity index (χ4v) is 1.65. The third-order valence-electron chi connectivity index (χ3n) is 2.18. The molecule has 3 heteroatoms. The zero-order valence-electron chi connectivity index (χ0n) is 8.59. The van der Waals surface area contributed by atoms with Crippen molar-refractivity contribution in [3.63, 3.8) is 0 Å². The molecule has 1 rings (SSSR count). The number of benzene rings is 1. The average Bonchev–Trinajstić information content (AvgIpc) is 2.09. The summed E-state index contributed by atoms with van der Waals surface area (Å²) in [6.45, 7) is 5.09. The van der Waals surface area contributed by atoms with E-state index in [9.17, 15) is 0 Å². The van der Waals surface area contributed by atoms with Crippen LogP contribution in [0.1, 0.15) is 19.4 Å². The van der Waals surface area contributed by atoms with Crippen molar-refractivity contribution >= 4 is 28.3 Å². The fraction of sp³-hybridized carbons (Fsp3) is 0.455. The molecule has 1 aromatic carbocycles. The first-order valence-corrected chi connectivity index (χ1v) is 5.28. The van der Waals surface area contributed by atoms with Crippen molar-refractivity contribution in [2.45, 2.75) is 20.3 Å². The highest BCUT2D eigenvalue weighted by Gasteiger charge is 2.17. The van der Waals surface area contributed by atoms with Crippen LogP contribution in [0.3, 0.4) is 0 Å². The Kier molecular flexibility index (Phi) is 5.72. The van der Waals surface area contributed by atoms with Gasteiger partial charge in [-0.05, 0) is 30.0 Å². The van der Waals surface area contributed by atoms with Gasteiger partial charge in [0.25, 0.3) is 0 Å². The van der Waals surface area contributed by atoms with Gasteiger partial charge >= 0.3 is 0 Å². The van der Waals surface area contributed by atoms with E-state index in [-0.39, 0.29) is 17.8 Å². The largest absolute Gasteiger partial charge is 0.330 e. The van der Waals surface area contributed by atoms with Crippen LogP contribution in [0, 0.1) is 5.41 Å². The first-order valence-electron chi connectivity index (χ1n) is 4.49. The van der Waals surface area contributed by atoms with Crippen molar-refractivity contribution in [1.82, 2.24) is 0 Å². The highest BCUT2D eigenvalue weighted by atomic mass is 79.9. The molecule has 0 heterocycles. The lowest BCUT2D eigenvalue weighted by molar-refractivity contribution is 0.376. The van der Waals surface area contributed by atoms with Gasteiger partial charge in [-0.1, -0.05) is 48.0 Å². The molecular weight excluding hydrogens is 261 g/mol. The van der Waals surface area contributed by atoms with E-state index < -0.39 is 0 Å². The van der Waals surface area contributed by atoms with Crippen LogP contribution >= 0.6 is 28.3 Å². The molecule has 0 aromatic heterocycles. The summed E-state index contributed by atoms with van der Waals surface area (Å²) in [5.41, 5.74) is 7.20. The molecular formula is C11H17BrClN. The Morgan fingerprint density at radius 3 is 2.36 bits per heavy atom. The van der Waals surface area contributed by atoms with Gasteiger partial charge in [0.15, 0.2) is 0 Å². The average molecular weight is 279 g/mol. The Bertz CT molecular complexity index is 286. The van der Waals surface area contributed by atoms with Gasteiger partial charge in [0.2, 0.25) is 0 Å². The summed E-state index contributed by atoms with van der Waals surface area (Å²) in [4.78, 5) is 0. The third kappa shape index (κ3) is 3.99. The highest BCUT2D eigenvalue weighted by molar-refractivity contribution is 9.10. The molecule has 14 heavy (non-hydrogen) atoms. The maximum absolute atomic E-state index is 5.69. The van der Waals surface area contributed by atoms with Crippen molar-refractivity contribution in [2.75, 3.05) is 6.54 Å².